The van der Waals surface area contributed by atoms with Crippen molar-refractivity contribution in [1.29, 1.82) is 0 Å². The zero-order valence-electron chi connectivity index (χ0n) is 12.3. The zero-order chi connectivity index (χ0) is 15.1. The van der Waals surface area contributed by atoms with Gasteiger partial charge in [0.15, 0.2) is 0 Å². The minimum atomic E-state index is -0.466. The molecule has 0 bridgehead atoms. The highest BCUT2D eigenvalue weighted by Gasteiger charge is 2.17. The van der Waals surface area contributed by atoms with Gasteiger partial charge in [0.1, 0.15) is 11.6 Å². The Morgan fingerprint density at radius 2 is 1.62 bits per heavy atom. The molecule has 3 heteroatoms. The fraction of sp³-hybridized carbons (Fsp3) is 0.333. The van der Waals surface area contributed by atoms with Crippen LogP contribution in [0.1, 0.15) is 30.4 Å². The van der Waals surface area contributed by atoms with Crippen LogP contribution in [-0.4, -0.2) is 13.1 Å². The summed E-state index contributed by atoms with van der Waals surface area (Å²) in [4.78, 5) is 0. The van der Waals surface area contributed by atoms with E-state index in [4.69, 9.17) is 0 Å². The number of nitrogens with one attached hydrogen (secondary N) is 1. The first kappa shape index (κ1) is 15.6. The molecule has 0 aliphatic rings. The van der Waals surface area contributed by atoms with Crippen LogP contribution in [0.25, 0.3) is 0 Å². The van der Waals surface area contributed by atoms with Crippen molar-refractivity contribution < 1.29 is 8.78 Å². The van der Waals surface area contributed by atoms with E-state index in [1.165, 1.54) is 18.2 Å². The molecule has 0 aliphatic heterocycles. The van der Waals surface area contributed by atoms with Crippen LogP contribution in [0.5, 0.6) is 0 Å². The minimum Gasteiger partial charge on any atom is -0.316 e. The molecule has 0 aromatic heterocycles. The lowest BCUT2D eigenvalue weighted by atomic mass is 9.91. The molecule has 21 heavy (non-hydrogen) atoms. The Morgan fingerprint density at radius 3 is 2.24 bits per heavy atom. The van der Waals surface area contributed by atoms with Crippen molar-refractivity contribution >= 4 is 0 Å². The Labute approximate surface area is 125 Å². The summed E-state index contributed by atoms with van der Waals surface area (Å²) in [7, 11) is 0. The van der Waals surface area contributed by atoms with Crippen LogP contribution in [-0.2, 0) is 6.42 Å². The van der Waals surface area contributed by atoms with Crippen LogP contribution >= 0.6 is 0 Å². The van der Waals surface area contributed by atoms with Crippen molar-refractivity contribution in [2.75, 3.05) is 13.1 Å². The van der Waals surface area contributed by atoms with E-state index < -0.39 is 11.6 Å². The first-order valence-electron chi connectivity index (χ1n) is 7.41. The molecule has 0 spiro atoms. The monoisotopic (exact) mass is 289 g/mol. The summed E-state index contributed by atoms with van der Waals surface area (Å²) in [5.74, 6) is -0.873. The van der Waals surface area contributed by atoms with Gasteiger partial charge in [0.2, 0.25) is 0 Å². The molecule has 0 amide bonds. The van der Waals surface area contributed by atoms with Gasteiger partial charge in [-0.15, -0.1) is 0 Å². The van der Waals surface area contributed by atoms with Crippen molar-refractivity contribution in [2.45, 2.75) is 25.7 Å². The van der Waals surface area contributed by atoms with Crippen LogP contribution in [0.4, 0.5) is 8.78 Å². The predicted molar refractivity (Wildman–Crippen MR) is 82.4 cm³/mol. The second kappa shape index (κ2) is 7.89. The molecule has 0 heterocycles. The highest BCUT2D eigenvalue weighted by Crippen LogP contribution is 2.23. The molecule has 0 saturated carbocycles. The van der Waals surface area contributed by atoms with Crippen molar-refractivity contribution in [3.8, 4) is 0 Å². The van der Waals surface area contributed by atoms with Gasteiger partial charge in [-0.2, -0.15) is 0 Å². The summed E-state index contributed by atoms with van der Waals surface area (Å²) >= 11 is 0. The van der Waals surface area contributed by atoms with Gasteiger partial charge in [0.05, 0.1) is 0 Å². The molecular weight excluding hydrogens is 268 g/mol. The molecular formula is C18H21F2N. The molecule has 0 saturated heterocycles. The van der Waals surface area contributed by atoms with Gasteiger partial charge in [-0.1, -0.05) is 43.3 Å². The van der Waals surface area contributed by atoms with Crippen LogP contribution in [0, 0.1) is 11.6 Å². The fourth-order valence-corrected chi connectivity index (χ4v) is 2.46. The van der Waals surface area contributed by atoms with Crippen molar-refractivity contribution in [3.63, 3.8) is 0 Å². The van der Waals surface area contributed by atoms with Crippen LogP contribution in [0.15, 0.2) is 48.5 Å². The van der Waals surface area contributed by atoms with E-state index in [9.17, 15) is 8.78 Å². The molecule has 1 N–H and O–H groups in total. The molecule has 0 radical (unpaired) electrons. The molecule has 0 aliphatic carbocycles. The maximum Gasteiger partial charge on any atom is 0.129 e. The zero-order valence-corrected chi connectivity index (χ0v) is 12.3. The van der Waals surface area contributed by atoms with Crippen LogP contribution in [0.2, 0.25) is 0 Å². The van der Waals surface area contributed by atoms with E-state index in [0.717, 1.165) is 18.5 Å². The molecule has 0 fully saturated rings. The summed E-state index contributed by atoms with van der Waals surface area (Å²) in [5, 5.41) is 3.35. The van der Waals surface area contributed by atoms with Gasteiger partial charge >= 0.3 is 0 Å². The number of hydrogen-bond acceptors (Lipinski definition) is 1. The average Bonchev–Trinajstić information content (AvgIpc) is 2.50. The minimum absolute atomic E-state index is 0.0594. The van der Waals surface area contributed by atoms with Gasteiger partial charge < -0.3 is 5.32 Å². The third-order valence-corrected chi connectivity index (χ3v) is 3.60. The van der Waals surface area contributed by atoms with Crippen LogP contribution in [0.3, 0.4) is 0 Å². The molecule has 1 nitrogen and oxygen atoms in total. The second-order valence-corrected chi connectivity index (χ2v) is 5.22. The third kappa shape index (κ3) is 4.36. The number of benzene rings is 2. The SMILES string of the molecule is CCCNCC(Cc1c(F)cccc1F)c1ccccc1. The van der Waals surface area contributed by atoms with E-state index >= 15 is 0 Å². The van der Waals surface area contributed by atoms with Crippen molar-refractivity contribution in [1.82, 2.24) is 5.32 Å². The molecule has 1 atom stereocenters. The van der Waals surface area contributed by atoms with Gasteiger partial charge in [-0.25, -0.2) is 8.78 Å². The molecule has 1 unspecified atom stereocenters. The lowest BCUT2D eigenvalue weighted by Crippen LogP contribution is -2.24. The lowest BCUT2D eigenvalue weighted by Gasteiger charge is -2.19. The molecule has 2 aromatic rings. The smallest absolute Gasteiger partial charge is 0.129 e. The van der Waals surface area contributed by atoms with Crippen molar-refractivity contribution in [3.05, 3.63) is 71.3 Å². The fourth-order valence-electron chi connectivity index (χ4n) is 2.46. The maximum atomic E-state index is 13.9. The van der Waals surface area contributed by atoms with E-state index in [-0.39, 0.29) is 11.5 Å². The summed E-state index contributed by atoms with van der Waals surface area (Å²) in [6, 6.07) is 13.9. The average molecular weight is 289 g/mol. The quantitative estimate of drug-likeness (QED) is 0.750. The Balaban J connectivity index is 2.19. The molecule has 2 aromatic carbocycles. The Kier molecular flexibility index (Phi) is 5.88. The number of halogens is 2. The van der Waals surface area contributed by atoms with Gasteiger partial charge in [-0.3, -0.25) is 0 Å². The topological polar surface area (TPSA) is 12.0 Å². The summed E-state index contributed by atoms with van der Waals surface area (Å²) in [5.41, 5.74) is 1.27. The first-order valence-corrected chi connectivity index (χ1v) is 7.41. The predicted octanol–water partition coefficient (Wildman–Crippen LogP) is 4.29. The Hall–Kier alpha value is -1.74. The third-order valence-electron chi connectivity index (χ3n) is 3.60. The lowest BCUT2D eigenvalue weighted by molar-refractivity contribution is 0.519. The van der Waals surface area contributed by atoms with Gasteiger partial charge in [0, 0.05) is 18.0 Å². The maximum absolute atomic E-state index is 13.9. The van der Waals surface area contributed by atoms with E-state index in [1.807, 2.05) is 30.3 Å². The Bertz CT molecular complexity index is 534. The number of hydrogen-bond donors (Lipinski definition) is 1. The highest BCUT2D eigenvalue weighted by molar-refractivity contribution is 5.26. The largest absolute Gasteiger partial charge is 0.316 e. The summed E-state index contributed by atoms with van der Waals surface area (Å²) < 4.78 is 27.7. The summed E-state index contributed by atoms with van der Waals surface area (Å²) in [6.45, 7) is 3.72. The molecule has 2 rings (SSSR count). The van der Waals surface area contributed by atoms with Crippen molar-refractivity contribution in [2.24, 2.45) is 0 Å². The second-order valence-electron chi connectivity index (χ2n) is 5.22. The first-order chi connectivity index (χ1) is 10.2. The van der Waals surface area contributed by atoms with Gasteiger partial charge in [-0.05, 0) is 37.1 Å². The normalized spacial score (nSPS) is 12.3. The Morgan fingerprint density at radius 1 is 0.952 bits per heavy atom. The standard InChI is InChI=1S/C18H21F2N/c1-2-11-21-13-15(14-7-4-3-5-8-14)12-16-17(19)9-6-10-18(16)20/h3-10,15,21H,2,11-13H2,1H3. The van der Waals surface area contributed by atoms with Crippen LogP contribution < -0.4 is 5.32 Å². The van der Waals surface area contributed by atoms with E-state index in [0.29, 0.717) is 13.0 Å². The molecule has 112 valence electrons. The number of rotatable bonds is 7. The highest BCUT2D eigenvalue weighted by atomic mass is 19.1. The van der Waals surface area contributed by atoms with E-state index in [2.05, 4.69) is 12.2 Å². The van der Waals surface area contributed by atoms with E-state index in [1.54, 1.807) is 0 Å². The summed E-state index contributed by atoms with van der Waals surface area (Å²) in [6.07, 6.45) is 1.40. The van der Waals surface area contributed by atoms with Gasteiger partial charge in [0.25, 0.3) is 0 Å².